The Kier molecular flexibility index (Phi) is 7.90. The Balaban J connectivity index is 1.21. The smallest absolute Gasteiger partial charge is 0.223 e. The minimum atomic E-state index is 0.362. The van der Waals surface area contributed by atoms with Crippen molar-refractivity contribution in [1.82, 2.24) is 30.0 Å². The molecule has 8 heteroatoms. The van der Waals surface area contributed by atoms with Crippen LogP contribution in [0.15, 0.2) is 66.9 Å². The highest BCUT2D eigenvalue weighted by atomic mass is 35.5. The molecule has 2 aliphatic rings. The SMILES string of the molecule is CN1CCC(c2[nH]nc(-c3ccc(Cl)cc3)c2-c2ccnc(NC3CCN(Cc4ccccc4)CC3)n2)CC1. The van der Waals surface area contributed by atoms with Crippen molar-refractivity contribution in [3.8, 4) is 22.5 Å². The van der Waals surface area contributed by atoms with Crippen LogP contribution in [-0.2, 0) is 6.54 Å². The maximum Gasteiger partial charge on any atom is 0.223 e. The van der Waals surface area contributed by atoms with Crippen LogP contribution in [0.3, 0.4) is 0 Å². The third-order valence-electron chi connectivity index (χ3n) is 8.12. The summed E-state index contributed by atoms with van der Waals surface area (Å²) in [6, 6.07) is 21.0. The van der Waals surface area contributed by atoms with E-state index < -0.39 is 0 Å². The van der Waals surface area contributed by atoms with Crippen LogP contribution in [0.25, 0.3) is 22.5 Å². The van der Waals surface area contributed by atoms with Crippen molar-refractivity contribution in [1.29, 1.82) is 0 Å². The Labute approximate surface area is 235 Å². The number of benzene rings is 2. The topological polar surface area (TPSA) is 73.0 Å². The van der Waals surface area contributed by atoms with Crippen molar-refractivity contribution in [2.75, 3.05) is 38.5 Å². The van der Waals surface area contributed by atoms with Crippen LogP contribution >= 0.6 is 11.6 Å². The second-order valence-corrected chi connectivity index (χ2v) is 11.3. The summed E-state index contributed by atoms with van der Waals surface area (Å²) in [5, 5.41) is 12.6. The van der Waals surface area contributed by atoms with E-state index in [0.29, 0.717) is 17.9 Å². The number of halogens is 1. The van der Waals surface area contributed by atoms with Gasteiger partial charge < -0.3 is 10.2 Å². The third-order valence-corrected chi connectivity index (χ3v) is 8.37. The first-order valence-electron chi connectivity index (χ1n) is 14.0. The highest BCUT2D eigenvalue weighted by molar-refractivity contribution is 6.30. The average Bonchev–Trinajstić information content (AvgIpc) is 3.41. The number of aromatic nitrogens is 4. The lowest BCUT2D eigenvalue weighted by molar-refractivity contribution is 0.211. The summed E-state index contributed by atoms with van der Waals surface area (Å²) < 4.78 is 0. The van der Waals surface area contributed by atoms with Crippen LogP contribution in [-0.4, -0.2) is 69.2 Å². The molecule has 0 aliphatic carbocycles. The van der Waals surface area contributed by atoms with Gasteiger partial charge >= 0.3 is 0 Å². The lowest BCUT2D eigenvalue weighted by atomic mass is 9.89. The van der Waals surface area contributed by atoms with Gasteiger partial charge in [-0.05, 0) is 69.6 Å². The van der Waals surface area contributed by atoms with Gasteiger partial charge in [-0.2, -0.15) is 5.10 Å². The van der Waals surface area contributed by atoms with Crippen molar-refractivity contribution in [2.45, 2.75) is 44.2 Å². The Morgan fingerprint density at radius 2 is 1.67 bits per heavy atom. The van der Waals surface area contributed by atoms with E-state index in [9.17, 15) is 0 Å². The number of rotatable bonds is 7. The summed E-state index contributed by atoms with van der Waals surface area (Å²) >= 11 is 6.19. The summed E-state index contributed by atoms with van der Waals surface area (Å²) in [6.45, 7) is 5.30. The molecule has 2 N–H and O–H groups in total. The van der Waals surface area contributed by atoms with E-state index in [-0.39, 0.29) is 0 Å². The molecule has 0 atom stereocenters. The number of hydrogen-bond acceptors (Lipinski definition) is 6. The fourth-order valence-electron chi connectivity index (χ4n) is 5.85. The molecule has 0 saturated carbocycles. The van der Waals surface area contributed by atoms with E-state index in [4.69, 9.17) is 21.7 Å². The number of hydrogen-bond donors (Lipinski definition) is 2. The predicted molar refractivity (Wildman–Crippen MR) is 158 cm³/mol. The number of likely N-dealkylation sites (tertiary alicyclic amines) is 2. The number of nitrogens with one attached hydrogen (secondary N) is 2. The van der Waals surface area contributed by atoms with Gasteiger partial charge in [0, 0.05) is 59.6 Å². The van der Waals surface area contributed by atoms with Crippen LogP contribution in [0, 0.1) is 0 Å². The normalized spacial score (nSPS) is 17.9. The maximum atomic E-state index is 6.19. The summed E-state index contributed by atoms with van der Waals surface area (Å²) in [7, 11) is 2.19. The number of nitrogens with zero attached hydrogens (tertiary/aromatic N) is 5. The number of piperidine rings is 2. The molecule has 2 aliphatic heterocycles. The Bertz CT molecular complexity index is 1360. The van der Waals surface area contributed by atoms with E-state index in [1.54, 1.807) is 0 Å². The van der Waals surface area contributed by atoms with Crippen molar-refractivity contribution in [3.63, 3.8) is 0 Å². The van der Waals surface area contributed by atoms with Crippen LogP contribution < -0.4 is 5.32 Å². The highest BCUT2D eigenvalue weighted by Gasteiger charge is 2.27. The molecule has 0 unspecified atom stereocenters. The first-order chi connectivity index (χ1) is 19.1. The van der Waals surface area contributed by atoms with Crippen molar-refractivity contribution in [2.24, 2.45) is 0 Å². The fourth-order valence-corrected chi connectivity index (χ4v) is 5.98. The quantitative estimate of drug-likeness (QED) is 0.296. The minimum absolute atomic E-state index is 0.362. The van der Waals surface area contributed by atoms with E-state index in [2.05, 4.69) is 62.6 Å². The Morgan fingerprint density at radius 1 is 0.923 bits per heavy atom. The first kappa shape index (κ1) is 26.0. The second kappa shape index (κ2) is 11.9. The summed E-state index contributed by atoms with van der Waals surface area (Å²) in [6.07, 6.45) is 6.21. The number of anilines is 1. The fraction of sp³-hybridized carbons (Fsp3) is 0.387. The standard InChI is InChI=1S/C31H36ClN7/c1-38-17-12-24(13-18-38)30-28(29(36-37-30)23-7-9-25(32)10-8-23)27-11-16-33-31(35-27)34-26-14-19-39(20-15-26)21-22-5-3-2-4-6-22/h2-11,16,24,26H,12-15,17-21H2,1H3,(H,36,37)(H,33,34,35). The molecular weight excluding hydrogens is 506 g/mol. The summed E-state index contributed by atoms with van der Waals surface area (Å²) in [4.78, 5) is 14.6. The molecule has 0 radical (unpaired) electrons. The molecule has 4 aromatic rings. The van der Waals surface area contributed by atoms with Crippen LogP contribution in [0.1, 0.15) is 42.9 Å². The number of H-pyrrole nitrogens is 1. The Morgan fingerprint density at radius 3 is 2.41 bits per heavy atom. The molecule has 2 aromatic heterocycles. The van der Waals surface area contributed by atoms with Gasteiger partial charge in [0.2, 0.25) is 5.95 Å². The van der Waals surface area contributed by atoms with Crippen molar-refractivity contribution < 1.29 is 0 Å². The molecule has 2 saturated heterocycles. The highest BCUT2D eigenvalue weighted by Crippen LogP contribution is 2.39. The molecule has 6 rings (SSSR count). The van der Waals surface area contributed by atoms with Gasteiger partial charge in [-0.1, -0.05) is 54.1 Å². The lowest BCUT2D eigenvalue weighted by Gasteiger charge is -2.32. The predicted octanol–water partition coefficient (Wildman–Crippen LogP) is 6.07. The van der Waals surface area contributed by atoms with E-state index in [1.165, 1.54) is 11.3 Å². The second-order valence-electron chi connectivity index (χ2n) is 10.9. The van der Waals surface area contributed by atoms with Gasteiger partial charge in [-0.3, -0.25) is 10.00 Å². The van der Waals surface area contributed by atoms with Crippen LogP contribution in [0.2, 0.25) is 5.02 Å². The van der Waals surface area contributed by atoms with Crippen molar-refractivity contribution in [3.05, 3.63) is 83.1 Å². The summed E-state index contributed by atoms with van der Waals surface area (Å²) in [5.74, 6) is 1.11. The molecule has 0 amide bonds. The van der Waals surface area contributed by atoms with E-state index in [1.807, 2.05) is 36.5 Å². The molecule has 202 valence electrons. The van der Waals surface area contributed by atoms with Gasteiger partial charge in [-0.15, -0.1) is 0 Å². The van der Waals surface area contributed by atoms with E-state index in [0.717, 1.165) is 85.9 Å². The molecule has 2 fully saturated rings. The monoisotopic (exact) mass is 541 g/mol. The minimum Gasteiger partial charge on any atom is -0.351 e. The zero-order valence-corrected chi connectivity index (χ0v) is 23.2. The molecule has 2 aromatic carbocycles. The van der Waals surface area contributed by atoms with Gasteiger partial charge in [0.05, 0.1) is 5.69 Å². The van der Waals surface area contributed by atoms with Crippen molar-refractivity contribution >= 4 is 17.5 Å². The number of aromatic amines is 1. The average molecular weight is 542 g/mol. The zero-order chi connectivity index (χ0) is 26.6. The Hall–Kier alpha value is -3.26. The third kappa shape index (κ3) is 6.16. The van der Waals surface area contributed by atoms with Gasteiger partial charge in [-0.25, -0.2) is 9.97 Å². The molecule has 0 bridgehead atoms. The van der Waals surface area contributed by atoms with E-state index >= 15 is 0 Å². The molecule has 0 spiro atoms. The molecule has 7 nitrogen and oxygen atoms in total. The van der Waals surface area contributed by atoms with Crippen LogP contribution in [0.5, 0.6) is 0 Å². The lowest BCUT2D eigenvalue weighted by Crippen LogP contribution is -2.38. The zero-order valence-electron chi connectivity index (χ0n) is 22.5. The molecule has 4 heterocycles. The summed E-state index contributed by atoms with van der Waals surface area (Å²) in [5.41, 5.74) is 6.48. The van der Waals surface area contributed by atoms with Gasteiger partial charge in [0.25, 0.3) is 0 Å². The van der Waals surface area contributed by atoms with Gasteiger partial charge in [0.1, 0.15) is 5.69 Å². The largest absolute Gasteiger partial charge is 0.351 e. The van der Waals surface area contributed by atoms with Crippen LogP contribution in [0.4, 0.5) is 5.95 Å². The first-order valence-corrected chi connectivity index (χ1v) is 14.4. The van der Waals surface area contributed by atoms with Gasteiger partial charge in [0.15, 0.2) is 0 Å². The molecule has 39 heavy (non-hydrogen) atoms. The molecular formula is C31H36ClN7. The maximum absolute atomic E-state index is 6.19.